The van der Waals surface area contributed by atoms with E-state index in [1.807, 2.05) is 12.1 Å². The van der Waals surface area contributed by atoms with E-state index in [-0.39, 0.29) is 11.9 Å². The van der Waals surface area contributed by atoms with Gasteiger partial charge in [0, 0.05) is 19.6 Å². The van der Waals surface area contributed by atoms with Crippen molar-refractivity contribution in [1.29, 1.82) is 0 Å². The van der Waals surface area contributed by atoms with E-state index >= 15 is 0 Å². The molecule has 1 heterocycles. The fourth-order valence-corrected chi connectivity index (χ4v) is 3.47. The van der Waals surface area contributed by atoms with Crippen LogP contribution < -0.4 is 0 Å². The van der Waals surface area contributed by atoms with E-state index in [0.717, 1.165) is 26.1 Å². The van der Waals surface area contributed by atoms with Gasteiger partial charge in [-0.1, -0.05) is 60.7 Å². The first-order valence-electron chi connectivity index (χ1n) is 8.14. The van der Waals surface area contributed by atoms with E-state index in [4.69, 9.17) is 4.74 Å². The minimum atomic E-state index is -0.0820. The molecule has 2 unspecified atom stereocenters. The van der Waals surface area contributed by atoms with Crippen LogP contribution in [0.5, 0.6) is 0 Å². The quantitative estimate of drug-likeness (QED) is 0.795. The maximum atomic E-state index is 12.2. The van der Waals surface area contributed by atoms with Gasteiger partial charge in [-0.3, -0.25) is 9.69 Å². The molecule has 0 amide bonds. The Morgan fingerprint density at radius 1 is 1.00 bits per heavy atom. The van der Waals surface area contributed by atoms with Crippen molar-refractivity contribution in [3.63, 3.8) is 0 Å². The highest BCUT2D eigenvalue weighted by atomic mass is 16.5. The van der Waals surface area contributed by atoms with Gasteiger partial charge in [-0.15, -0.1) is 0 Å². The van der Waals surface area contributed by atoms with Crippen LogP contribution in [-0.4, -0.2) is 31.1 Å². The molecule has 0 radical (unpaired) electrons. The molecular weight excluding hydrogens is 286 g/mol. The number of carbonyl (C=O) groups is 1. The Labute approximate surface area is 137 Å². The van der Waals surface area contributed by atoms with Crippen LogP contribution in [0.15, 0.2) is 60.7 Å². The molecule has 0 aromatic heterocycles. The first kappa shape index (κ1) is 15.8. The molecule has 3 heteroatoms. The standard InChI is InChI=1S/C20H23NO2/c1-23-20(22)19-15-21(13-17-10-6-3-7-11-17)14-18(19)12-16-8-4-2-5-9-16/h2-11,18-19H,12-15H2,1H3. The second kappa shape index (κ2) is 7.42. The van der Waals surface area contributed by atoms with Crippen LogP contribution >= 0.6 is 0 Å². The summed E-state index contributed by atoms with van der Waals surface area (Å²) in [6.45, 7) is 2.60. The molecule has 0 N–H and O–H groups in total. The van der Waals surface area contributed by atoms with E-state index in [1.165, 1.54) is 18.2 Å². The largest absolute Gasteiger partial charge is 0.469 e. The van der Waals surface area contributed by atoms with Crippen molar-refractivity contribution in [3.8, 4) is 0 Å². The summed E-state index contributed by atoms with van der Waals surface area (Å²) in [6, 6.07) is 20.8. The lowest BCUT2D eigenvalue weighted by Gasteiger charge is -2.16. The van der Waals surface area contributed by atoms with Crippen molar-refractivity contribution in [2.45, 2.75) is 13.0 Å². The molecule has 1 aliphatic rings. The molecule has 2 aromatic rings. The lowest BCUT2D eigenvalue weighted by atomic mass is 9.90. The molecule has 1 aliphatic heterocycles. The summed E-state index contributed by atoms with van der Waals surface area (Å²) >= 11 is 0. The van der Waals surface area contributed by atoms with Gasteiger partial charge in [-0.2, -0.15) is 0 Å². The van der Waals surface area contributed by atoms with E-state index in [0.29, 0.717) is 5.92 Å². The van der Waals surface area contributed by atoms with Gasteiger partial charge >= 0.3 is 5.97 Å². The van der Waals surface area contributed by atoms with Crippen molar-refractivity contribution in [3.05, 3.63) is 71.8 Å². The summed E-state index contributed by atoms with van der Waals surface area (Å²) in [6.07, 6.45) is 0.923. The molecule has 0 aliphatic carbocycles. The van der Waals surface area contributed by atoms with Crippen LogP contribution in [-0.2, 0) is 22.5 Å². The highest BCUT2D eigenvalue weighted by Crippen LogP contribution is 2.29. The molecule has 3 nitrogen and oxygen atoms in total. The van der Waals surface area contributed by atoms with Gasteiger partial charge in [0.15, 0.2) is 0 Å². The third-order valence-corrected chi connectivity index (χ3v) is 4.61. The number of hydrogen-bond donors (Lipinski definition) is 0. The normalized spacial score (nSPS) is 21.3. The molecule has 1 saturated heterocycles. The van der Waals surface area contributed by atoms with Gasteiger partial charge in [0.25, 0.3) is 0 Å². The highest BCUT2D eigenvalue weighted by molar-refractivity contribution is 5.73. The van der Waals surface area contributed by atoms with Gasteiger partial charge in [0.2, 0.25) is 0 Å². The van der Waals surface area contributed by atoms with Crippen LogP contribution in [0, 0.1) is 11.8 Å². The Bertz CT molecular complexity index is 627. The smallest absolute Gasteiger partial charge is 0.310 e. The number of benzene rings is 2. The van der Waals surface area contributed by atoms with Crippen LogP contribution in [0.2, 0.25) is 0 Å². The molecule has 0 bridgehead atoms. The highest BCUT2D eigenvalue weighted by Gasteiger charge is 2.38. The molecule has 3 rings (SSSR count). The first-order chi connectivity index (χ1) is 11.3. The fraction of sp³-hybridized carbons (Fsp3) is 0.350. The predicted octanol–water partition coefficient (Wildman–Crippen LogP) is 3.15. The van der Waals surface area contributed by atoms with Crippen LogP contribution in [0.3, 0.4) is 0 Å². The molecular formula is C20H23NO2. The monoisotopic (exact) mass is 309 g/mol. The lowest BCUT2D eigenvalue weighted by molar-refractivity contribution is -0.146. The third-order valence-electron chi connectivity index (χ3n) is 4.61. The zero-order chi connectivity index (χ0) is 16.1. The number of rotatable bonds is 5. The Balaban J connectivity index is 1.70. The van der Waals surface area contributed by atoms with E-state index in [9.17, 15) is 4.79 Å². The number of ether oxygens (including phenoxy) is 1. The van der Waals surface area contributed by atoms with E-state index in [1.54, 1.807) is 0 Å². The first-order valence-corrected chi connectivity index (χ1v) is 8.14. The summed E-state index contributed by atoms with van der Waals surface area (Å²) in [7, 11) is 1.49. The molecule has 1 fully saturated rings. The number of carbonyl (C=O) groups excluding carboxylic acids is 1. The second-order valence-corrected chi connectivity index (χ2v) is 6.26. The Hall–Kier alpha value is -2.13. The average molecular weight is 309 g/mol. The predicted molar refractivity (Wildman–Crippen MR) is 90.9 cm³/mol. The maximum absolute atomic E-state index is 12.2. The zero-order valence-corrected chi connectivity index (χ0v) is 13.5. The van der Waals surface area contributed by atoms with E-state index < -0.39 is 0 Å². The van der Waals surface area contributed by atoms with Gasteiger partial charge in [-0.05, 0) is 23.5 Å². The number of hydrogen-bond acceptors (Lipinski definition) is 3. The molecule has 120 valence electrons. The maximum Gasteiger partial charge on any atom is 0.310 e. The zero-order valence-electron chi connectivity index (χ0n) is 13.5. The van der Waals surface area contributed by atoms with E-state index in [2.05, 4.69) is 53.4 Å². The van der Waals surface area contributed by atoms with Crippen molar-refractivity contribution in [2.75, 3.05) is 20.2 Å². The minimum Gasteiger partial charge on any atom is -0.469 e. The minimum absolute atomic E-state index is 0.0380. The van der Waals surface area contributed by atoms with Crippen LogP contribution in [0.1, 0.15) is 11.1 Å². The van der Waals surface area contributed by atoms with Gasteiger partial charge in [0.05, 0.1) is 13.0 Å². The van der Waals surface area contributed by atoms with Crippen molar-refractivity contribution >= 4 is 5.97 Å². The fourth-order valence-electron chi connectivity index (χ4n) is 3.47. The van der Waals surface area contributed by atoms with Crippen LogP contribution in [0.4, 0.5) is 0 Å². The summed E-state index contributed by atoms with van der Waals surface area (Å²) in [5.41, 5.74) is 2.57. The summed E-state index contributed by atoms with van der Waals surface area (Å²) < 4.78 is 5.04. The summed E-state index contributed by atoms with van der Waals surface area (Å²) in [5.74, 6) is 0.193. The van der Waals surface area contributed by atoms with Gasteiger partial charge in [0.1, 0.15) is 0 Å². The molecule has 0 spiro atoms. The SMILES string of the molecule is COC(=O)C1CN(Cc2ccccc2)CC1Cc1ccccc1. The molecule has 2 aromatic carbocycles. The van der Waals surface area contributed by atoms with Crippen LogP contribution in [0.25, 0.3) is 0 Å². The molecule has 0 saturated carbocycles. The number of likely N-dealkylation sites (tertiary alicyclic amines) is 1. The third kappa shape index (κ3) is 3.99. The van der Waals surface area contributed by atoms with Gasteiger partial charge < -0.3 is 4.74 Å². The van der Waals surface area contributed by atoms with Crippen molar-refractivity contribution in [2.24, 2.45) is 11.8 Å². The average Bonchev–Trinajstić information content (AvgIpc) is 2.98. The second-order valence-electron chi connectivity index (χ2n) is 6.26. The summed E-state index contributed by atoms with van der Waals surface area (Å²) in [4.78, 5) is 14.5. The molecule has 2 atom stereocenters. The van der Waals surface area contributed by atoms with Crippen molar-refractivity contribution < 1.29 is 9.53 Å². The molecule has 23 heavy (non-hydrogen) atoms. The van der Waals surface area contributed by atoms with Gasteiger partial charge in [-0.25, -0.2) is 0 Å². The summed E-state index contributed by atoms with van der Waals surface area (Å²) in [5, 5.41) is 0. The Morgan fingerprint density at radius 2 is 1.61 bits per heavy atom. The Kier molecular flexibility index (Phi) is 5.09. The Morgan fingerprint density at radius 3 is 2.22 bits per heavy atom. The number of nitrogens with zero attached hydrogens (tertiary/aromatic N) is 1. The topological polar surface area (TPSA) is 29.5 Å². The van der Waals surface area contributed by atoms with Crippen molar-refractivity contribution in [1.82, 2.24) is 4.90 Å². The number of methoxy groups -OCH3 is 1. The lowest BCUT2D eigenvalue weighted by Crippen LogP contribution is -2.25. The number of esters is 1.